The van der Waals surface area contributed by atoms with E-state index >= 15 is 0 Å². The van der Waals surface area contributed by atoms with E-state index in [0.29, 0.717) is 0 Å². The third-order valence-corrected chi connectivity index (χ3v) is 8.41. The topological polar surface area (TPSA) is 43.4 Å². The van der Waals surface area contributed by atoms with Gasteiger partial charge >= 0.3 is 5.97 Å². The number of alkyl halides is 1. The van der Waals surface area contributed by atoms with Crippen LogP contribution in [-0.2, 0) is 20.3 Å². The molecule has 1 aromatic carbocycles. The zero-order valence-electron chi connectivity index (χ0n) is 18.6. The predicted octanol–water partition coefficient (Wildman–Crippen LogP) is 6.77. The predicted molar refractivity (Wildman–Crippen MR) is 122 cm³/mol. The van der Waals surface area contributed by atoms with Crippen molar-refractivity contribution < 1.29 is 13.7 Å². The molecule has 1 aromatic rings. The van der Waals surface area contributed by atoms with Crippen molar-refractivity contribution in [3.63, 3.8) is 0 Å². The number of rotatable bonds is 8. The van der Waals surface area contributed by atoms with Crippen LogP contribution in [0.3, 0.4) is 0 Å². The summed E-state index contributed by atoms with van der Waals surface area (Å²) < 4.78 is 18.7. The molecule has 0 aliphatic heterocycles. The standard InChI is InChI=1S/C24H37ClO3S/c1-6-7-11-20(21(26)28-23(3,4)5)24(16-9-8-10-17-24)22(25)29(27)19-14-12-18(2)13-15-19/h12-15,20,22H,6-11,16-17H2,1-5H3. The van der Waals surface area contributed by atoms with Crippen molar-refractivity contribution in [1.29, 1.82) is 0 Å². The lowest BCUT2D eigenvalue weighted by atomic mass is 9.65. The van der Waals surface area contributed by atoms with Crippen molar-refractivity contribution in [2.24, 2.45) is 11.3 Å². The van der Waals surface area contributed by atoms with E-state index < -0.39 is 26.5 Å². The zero-order chi connectivity index (χ0) is 21.7. The fraction of sp³-hybridized carbons (Fsp3) is 0.708. The maximum Gasteiger partial charge on any atom is 0.310 e. The molecule has 3 nitrogen and oxygen atoms in total. The Balaban J connectivity index is 2.41. The number of unbranched alkanes of at least 4 members (excludes halogenated alkanes) is 1. The second-order valence-electron chi connectivity index (χ2n) is 9.45. The second kappa shape index (κ2) is 10.4. The van der Waals surface area contributed by atoms with Crippen LogP contribution < -0.4 is 0 Å². The Morgan fingerprint density at radius 3 is 2.28 bits per heavy atom. The highest BCUT2D eigenvalue weighted by atomic mass is 35.5. The minimum absolute atomic E-state index is 0.181. The van der Waals surface area contributed by atoms with Gasteiger partial charge in [-0.2, -0.15) is 0 Å². The summed E-state index contributed by atoms with van der Waals surface area (Å²) in [4.78, 5) is 14.0. The number of hydrogen-bond acceptors (Lipinski definition) is 3. The van der Waals surface area contributed by atoms with Gasteiger partial charge in [-0.05, 0) is 59.1 Å². The lowest BCUT2D eigenvalue weighted by Gasteiger charge is -2.45. The molecule has 1 fully saturated rings. The summed E-state index contributed by atoms with van der Waals surface area (Å²) in [6, 6.07) is 7.72. The lowest BCUT2D eigenvalue weighted by Crippen LogP contribution is -2.47. The Hall–Kier alpha value is -0.870. The van der Waals surface area contributed by atoms with Crippen LogP contribution in [0.2, 0.25) is 0 Å². The van der Waals surface area contributed by atoms with Gasteiger partial charge in [0.25, 0.3) is 0 Å². The molecular formula is C24H37ClO3S. The molecule has 29 heavy (non-hydrogen) atoms. The Morgan fingerprint density at radius 2 is 1.76 bits per heavy atom. The number of aryl methyl sites for hydroxylation is 1. The number of carbonyl (C=O) groups excluding carboxylic acids is 1. The van der Waals surface area contributed by atoms with Gasteiger partial charge in [0.15, 0.2) is 0 Å². The first-order valence-electron chi connectivity index (χ1n) is 10.9. The van der Waals surface area contributed by atoms with Crippen molar-refractivity contribution >= 4 is 28.4 Å². The van der Waals surface area contributed by atoms with Gasteiger partial charge < -0.3 is 4.74 Å². The van der Waals surface area contributed by atoms with E-state index in [1.165, 1.54) is 0 Å². The monoisotopic (exact) mass is 440 g/mol. The van der Waals surface area contributed by atoms with Gasteiger partial charge in [-0.15, -0.1) is 11.6 Å². The highest BCUT2D eigenvalue weighted by molar-refractivity contribution is 7.87. The summed E-state index contributed by atoms with van der Waals surface area (Å²) in [5.74, 6) is -0.502. The summed E-state index contributed by atoms with van der Waals surface area (Å²) in [6.07, 6.45) is 7.49. The van der Waals surface area contributed by atoms with E-state index in [1.54, 1.807) is 0 Å². The average molecular weight is 441 g/mol. The van der Waals surface area contributed by atoms with E-state index in [4.69, 9.17) is 16.3 Å². The molecule has 0 bridgehead atoms. The SMILES string of the molecule is CCCCC(C(=O)OC(C)(C)C)C1(C(Cl)S(=O)c2ccc(C)cc2)CCCCC1. The first-order valence-corrected chi connectivity index (χ1v) is 12.6. The molecule has 0 spiro atoms. The summed E-state index contributed by atoms with van der Waals surface area (Å²) in [6.45, 7) is 9.84. The number of benzene rings is 1. The molecular weight excluding hydrogens is 404 g/mol. The molecule has 0 aromatic heterocycles. The van der Waals surface area contributed by atoms with Gasteiger partial charge in [-0.25, -0.2) is 0 Å². The summed E-state index contributed by atoms with van der Waals surface area (Å²) in [5, 5.41) is 0. The summed E-state index contributed by atoms with van der Waals surface area (Å²) >= 11 is 7.02. The van der Waals surface area contributed by atoms with Crippen molar-refractivity contribution in [2.75, 3.05) is 0 Å². The van der Waals surface area contributed by atoms with E-state index in [-0.39, 0.29) is 11.9 Å². The molecule has 0 heterocycles. The van der Waals surface area contributed by atoms with E-state index in [2.05, 4.69) is 6.92 Å². The maximum absolute atomic E-state index is 13.5. The molecule has 5 heteroatoms. The average Bonchev–Trinajstić information content (AvgIpc) is 2.67. The van der Waals surface area contributed by atoms with Gasteiger partial charge in [0.05, 0.1) is 16.7 Å². The Morgan fingerprint density at radius 1 is 1.17 bits per heavy atom. The second-order valence-corrected chi connectivity index (χ2v) is 11.7. The molecule has 1 aliphatic carbocycles. The number of halogens is 1. The third-order valence-electron chi connectivity index (χ3n) is 5.91. The number of hydrogen-bond donors (Lipinski definition) is 0. The molecule has 0 amide bonds. The van der Waals surface area contributed by atoms with Crippen LogP contribution in [0.25, 0.3) is 0 Å². The van der Waals surface area contributed by atoms with Crippen LogP contribution >= 0.6 is 11.6 Å². The molecule has 3 unspecified atom stereocenters. The Kier molecular flexibility index (Phi) is 8.78. The van der Waals surface area contributed by atoms with E-state index in [9.17, 15) is 9.00 Å². The van der Waals surface area contributed by atoms with Crippen LogP contribution in [0.5, 0.6) is 0 Å². The van der Waals surface area contributed by atoms with Crippen molar-refractivity contribution in [1.82, 2.24) is 0 Å². The molecule has 0 radical (unpaired) electrons. The smallest absolute Gasteiger partial charge is 0.310 e. The van der Waals surface area contributed by atoms with Gasteiger partial charge in [0, 0.05) is 10.3 Å². The highest BCUT2D eigenvalue weighted by Gasteiger charge is 2.51. The first kappa shape index (κ1) is 24.4. The van der Waals surface area contributed by atoms with Gasteiger partial charge in [-0.3, -0.25) is 9.00 Å². The normalized spacial score (nSPS) is 19.9. The lowest BCUT2D eigenvalue weighted by molar-refractivity contribution is -0.166. The number of ether oxygens (including phenoxy) is 1. The van der Waals surface area contributed by atoms with Crippen LogP contribution in [0, 0.1) is 18.3 Å². The zero-order valence-corrected chi connectivity index (χ0v) is 20.2. The van der Waals surface area contributed by atoms with Crippen LogP contribution in [0.15, 0.2) is 29.2 Å². The summed E-state index contributed by atoms with van der Waals surface area (Å²) in [5.41, 5.74) is 0.0846. The van der Waals surface area contributed by atoms with E-state index in [1.807, 2.05) is 52.0 Å². The fourth-order valence-corrected chi connectivity index (χ4v) is 6.52. The minimum Gasteiger partial charge on any atom is -0.460 e. The first-order chi connectivity index (χ1) is 13.6. The fourth-order valence-electron chi connectivity index (χ4n) is 4.37. The molecule has 0 N–H and O–H groups in total. The third kappa shape index (κ3) is 6.30. The largest absolute Gasteiger partial charge is 0.460 e. The van der Waals surface area contributed by atoms with Gasteiger partial charge in [-0.1, -0.05) is 56.7 Å². The molecule has 1 aliphatic rings. The molecule has 0 saturated heterocycles. The van der Waals surface area contributed by atoms with E-state index in [0.717, 1.165) is 61.8 Å². The minimum atomic E-state index is -1.38. The highest BCUT2D eigenvalue weighted by Crippen LogP contribution is 2.51. The molecule has 164 valence electrons. The molecule has 2 rings (SSSR count). The van der Waals surface area contributed by atoms with Gasteiger partial charge in [0.2, 0.25) is 0 Å². The molecule has 3 atom stereocenters. The summed E-state index contributed by atoms with van der Waals surface area (Å²) in [7, 11) is -1.38. The van der Waals surface area contributed by atoms with Crippen LogP contribution in [0.1, 0.15) is 84.6 Å². The quantitative estimate of drug-likeness (QED) is 0.331. The van der Waals surface area contributed by atoms with Crippen molar-refractivity contribution in [2.45, 2.75) is 101 Å². The van der Waals surface area contributed by atoms with Crippen LogP contribution in [-0.4, -0.2) is 20.5 Å². The van der Waals surface area contributed by atoms with Crippen LogP contribution in [0.4, 0.5) is 0 Å². The Labute approximate surface area is 184 Å². The maximum atomic E-state index is 13.5. The van der Waals surface area contributed by atoms with Gasteiger partial charge in [0.1, 0.15) is 10.3 Å². The number of esters is 1. The van der Waals surface area contributed by atoms with Crippen molar-refractivity contribution in [3.05, 3.63) is 29.8 Å². The molecule has 1 saturated carbocycles. The Bertz CT molecular complexity index is 687. The van der Waals surface area contributed by atoms with Crippen molar-refractivity contribution in [3.8, 4) is 0 Å². The number of carbonyl (C=O) groups is 1.